The minimum Gasteiger partial charge on any atom is -0.490 e. The fourth-order valence-corrected chi connectivity index (χ4v) is 4.56. The van der Waals surface area contributed by atoms with Gasteiger partial charge in [-0.15, -0.1) is 4.40 Å². The molecule has 0 aromatic heterocycles. The van der Waals surface area contributed by atoms with E-state index >= 15 is 0 Å². The lowest BCUT2D eigenvalue weighted by Gasteiger charge is -2.29. The molecule has 3 aliphatic rings. The highest BCUT2D eigenvalue weighted by molar-refractivity contribution is 7.90. The van der Waals surface area contributed by atoms with Crippen molar-refractivity contribution >= 4 is 27.1 Å². The number of hydrogen-bond donors (Lipinski definition) is 0. The SMILES string of the molecule is CC1=NN2CCS(=O)(=O)N=C2C(c2ccc(OC3CCCCC3)cc2)=C1. The number of sulfonamides is 1. The largest absolute Gasteiger partial charge is 0.490 e. The predicted molar refractivity (Wildman–Crippen MR) is 103 cm³/mol. The normalized spacial score (nSPS) is 22.8. The summed E-state index contributed by atoms with van der Waals surface area (Å²) in [5.41, 5.74) is 2.53. The molecule has 1 aromatic carbocycles. The fraction of sp³-hybridized carbons (Fsp3) is 0.474. The Labute approximate surface area is 154 Å². The van der Waals surface area contributed by atoms with E-state index in [1.54, 1.807) is 5.01 Å². The first-order chi connectivity index (χ1) is 12.5. The quantitative estimate of drug-likeness (QED) is 0.816. The lowest BCUT2D eigenvalue weighted by molar-refractivity contribution is 0.155. The van der Waals surface area contributed by atoms with Gasteiger partial charge in [0, 0.05) is 5.57 Å². The summed E-state index contributed by atoms with van der Waals surface area (Å²) in [4.78, 5) is 0. The average molecular weight is 373 g/mol. The van der Waals surface area contributed by atoms with Crippen LogP contribution in [0.1, 0.15) is 44.6 Å². The van der Waals surface area contributed by atoms with E-state index < -0.39 is 10.0 Å². The van der Waals surface area contributed by atoms with Crippen LogP contribution in [0, 0.1) is 0 Å². The summed E-state index contributed by atoms with van der Waals surface area (Å²) in [6.07, 6.45) is 8.19. The number of allylic oxidation sites excluding steroid dienone is 1. The number of amidine groups is 1. The van der Waals surface area contributed by atoms with Gasteiger partial charge < -0.3 is 4.74 Å². The smallest absolute Gasteiger partial charge is 0.256 e. The molecule has 6 nitrogen and oxygen atoms in total. The molecule has 1 aromatic rings. The van der Waals surface area contributed by atoms with E-state index in [4.69, 9.17) is 4.74 Å². The monoisotopic (exact) mass is 373 g/mol. The van der Waals surface area contributed by atoms with Crippen LogP contribution in [0.4, 0.5) is 0 Å². The summed E-state index contributed by atoms with van der Waals surface area (Å²) in [5.74, 6) is 1.26. The summed E-state index contributed by atoms with van der Waals surface area (Å²) < 4.78 is 33.9. The van der Waals surface area contributed by atoms with Crippen molar-refractivity contribution in [3.05, 3.63) is 35.9 Å². The van der Waals surface area contributed by atoms with Gasteiger partial charge in [-0.1, -0.05) is 18.6 Å². The molecule has 7 heteroatoms. The van der Waals surface area contributed by atoms with Crippen molar-refractivity contribution in [1.29, 1.82) is 0 Å². The second-order valence-corrected chi connectivity index (χ2v) is 8.78. The molecule has 0 spiro atoms. The van der Waals surface area contributed by atoms with Gasteiger partial charge in [0.25, 0.3) is 10.0 Å². The van der Waals surface area contributed by atoms with Crippen molar-refractivity contribution in [3.63, 3.8) is 0 Å². The van der Waals surface area contributed by atoms with E-state index in [1.165, 1.54) is 19.3 Å². The average Bonchev–Trinajstić information content (AvgIpc) is 2.63. The van der Waals surface area contributed by atoms with Crippen LogP contribution in [0.15, 0.2) is 39.8 Å². The Morgan fingerprint density at radius 3 is 2.58 bits per heavy atom. The van der Waals surface area contributed by atoms with Crippen molar-refractivity contribution in [2.24, 2.45) is 9.50 Å². The van der Waals surface area contributed by atoms with Gasteiger partial charge in [-0.05, 0) is 56.4 Å². The highest BCUT2D eigenvalue weighted by atomic mass is 32.2. The first-order valence-corrected chi connectivity index (χ1v) is 10.8. The Morgan fingerprint density at radius 2 is 1.85 bits per heavy atom. The van der Waals surface area contributed by atoms with Crippen molar-refractivity contribution in [1.82, 2.24) is 5.01 Å². The summed E-state index contributed by atoms with van der Waals surface area (Å²) in [5, 5.41) is 6.07. The van der Waals surface area contributed by atoms with Crippen LogP contribution < -0.4 is 4.74 Å². The lowest BCUT2D eigenvalue weighted by atomic mass is 9.97. The van der Waals surface area contributed by atoms with Crippen LogP contribution in [0.25, 0.3) is 5.57 Å². The van der Waals surface area contributed by atoms with Gasteiger partial charge >= 0.3 is 0 Å². The molecule has 4 rings (SSSR count). The Balaban J connectivity index is 1.59. The third-order valence-corrected chi connectivity index (χ3v) is 6.07. The van der Waals surface area contributed by atoms with E-state index in [0.29, 0.717) is 18.5 Å². The maximum Gasteiger partial charge on any atom is 0.256 e. The van der Waals surface area contributed by atoms with Crippen LogP contribution in [0.2, 0.25) is 0 Å². The maximum absolute atomic E-state index is 11.9. The van der Waals surface area contributed by atoms with Gasteiger partial charge in [-0.3, -0.25) is 0 Å². The van der Waals surface area contributed by atoms with Crippen LogP contribution in [0.5, 0.6) is 5.75 Å². The third-order valence-electron chi connectivity index (χ3n) is 4.92. The van der Waals surface area contributed by atoms with Gasteiger partial charge in [0.1, 0.15) is 5.75 Å². The molecule has 0 unspecified atom stereocenters. The van der Waals surface area contributed by atoms with E-state index in [0.717, 1.165) is 35.4 Å². The van der Waals surface area contributed by atoms with E-state index in [9.17, 15) is 8.42 Å². The first kappa shape index (κ1) is 17.3. The summed E-state index contributed by atoms with van der Waals surface area (Å²) >= 11 is 0. The van der Waals surface area contributed by atoms with E-state index in [2.05, 4.69) is 9.50 Å². The number of ether oxygens (including phenoxy) is 1. The molecule has 26 heavy (non-hydrogen) atoms. The zero-order valence-electron chi connectivity index (χ0n) is 14.9. The molecule has 138 valence electrons. The van der Waals surface area contributed by atoms with Crippen molar-refractivity contribution in [2.45, 2.75) is 45.1 Å². The number of rotatable bonds is 3. The fourth-order valence-electron chi connectivity index (χ4n) is 3.61. The number of hydrogen-bond acceptors (Lipinski definition) is 5. The molecule has 2 aliphatic heterocycles. The van der Waals surface area contributed by atoms with Gasteiger partial charge in [-0.2, -0.15) is 5.10 Å². The third kappa shape index (κ3) is 3.67. The molecule has 1 fully saturated rings. The van der Waals surface area contributed by atoms with Crippen LogP contribution >= 0.6 is 0 Å². The maximum atomic E-state index is 11.9. The summed E-state index contributed by atoms with van der Waals surface area (Å²) in [7, 11) is -3.43. The Morgan fingerprint density at radius 1 is 1.12 bits per heavy atom. The molecular weight excluding hydrogens is 350 g/mol. The molecule has 1 saturated carbocycles. The zero-order valence-corrected chi connectivity index (χ0v) is 15.7. The molecular formula is C19H23N3O3S. The Kier molecular flexibility index (Phi) is 4.56. The second kappa shape index (κ2) is 6.87. The van der Waals surface area contributed by atoms with Crippen molar-refractivity contribution in [2.75, 3.05) is 12.3 Å². The highest BCUT2D eigenvalue weighted by Gasteiger charge is 2.29. The molecule has 0 N–H and O–H groups in total. The van der Waals surface area contributed by atoms with Crippen molar-refractivity contribution in [3.8, 4) is 5.75 Å². The van der Waals surface area contributed by atoms with Gasteiger partial charge in [0.05, 0.1) is 24.1 Å². The molecule has 0 radical (unpaired) electrons. The van der Waals surface area contributed by atoms with Crippen LogP contribution in [0.3, 0.4) is 0 Å². The van der Waals surface area contributed by atoms with Gasteiger partial charge in [0.15, 0.2) is 5.84 Å². The van der Waals surface area contributed by atoms with Gasteiger partial charge in [0.2, 0.25) is 0 Å². The molecule has 1 aliphatic carbocycles. The van der Waals surface area contributed by atoms with E-state index in [1.807, 2.05) is 37.3 Å². The molecule has 0 atom stereocenters. The summed E-state index contributed by atoms with van der Waals surface area (Å²) in [6.45, 7) is 2.24. The Hall–Kier alpha value is -2.15. The lowest BCUT2D eigenvalue weighted by Crippen LogP contribution is -2.39. The summed E-state index contributed by atoms with van der Waals surface area (Å²) in [6, 6.07) is 7.83. The number of hydrazone groups is 1. The number of benzene rings is 1. The number of fused-ring (bicyclic) bond motifs is 1. The zero-order chi connectivity index (χ0) is 18.1. The second-order valence-electron chi connectivity index (χ2n) is 7.03. The molecule has 0 amide bonds. The minimum atomic E-state index is -3.43. The standard InChI is InChI=1S/C19H23N3O3S/c1-14-13-18(19-21-26(23,24)12-11-22(19)20-14)15-7-9-17(10-8-15)25-16-5-3-2-4-6-16/h7-10,13,16H,2-6,11-12H2,1H3. The first-order valence-electron chi connectivity index (χ1n) is 9.15. The minimum absolute atomic E-state index is 0.00523. The molecule has 0 bridgehead atoms. The molecule has 2 heterocycles. The van der Waals surface area contributed by atoms with Gasteiger partial charge in [-0.25, -0.2) is 13.4 Å². The molecule has 0 saturated heterocycles. The topological polar surface area (TPSA) is 71.3 Å². The predicted octanol–water partition coefficient (Wildman–Crippen LogP) is 3.21. The van der Waals surface area contributed by atoms with Crippen molar-refractivity contribution < 1.29 is 13.2 Å². The van der Waals surface area contributed by atoms with Crippen LogP contribution in [-0.2, 0) is 10.0 Å². The van der Waals surface area contributed by atoms with E-state index in [-0.39, 0.29) is 5.75 Å². The highest BCUT2D eigenvalue weighted by Crippen LogP contribution is 2.28. The Bertz CT molecular complexity index is 879. The van der Waals surface area contributed by atoms with Crippen LogP contribution in [-0.4, -0.2) is 43.4 Å². The number of nitrogens with zero attached hydrogens (tertiary/aromatic N) is 3.